The highest BCUT2D eigenvalue weighted by molar-refractivity contribution is 6.52. The Kier molecular flexibility index (Phi) is 8.10. The summed E-state index contributed by atoms with van der Waals surface area (Å²) >= 11 is 0. The number of fused-ring (bicyclic) bond motifs is 2. The molecule has 0 radical (unpaired) electrons. The maximum absolute atomic E-state index is 12.6. The third kappa shape index (κ3) is 5.38. The number of hydrogen-bond donors (Lipinski definition) is 1. The van der Waals surface area contributed by atoms with Gasteiger partial charge in [-0.1, -0.05) is 72.3 Å². The molecule has 5 rings (SSSR count). The number of hydrogen-bond acceptors (Lipinski definition) is 7. The molecule has 1 aromatic heterocycles. The van der Waals surface area contributed by atoms with E-state index in [1.54, 1.807) is 49.6 Å². The van der Waals surface area contributed by atoms with Gasteiger partial charge in [0, 0.05) is 22.3 Å². The molecule has 1 N–H and O–H groups in total. The first-order chi connectivity index (χ1) is 18.8. The standard InChI is InChI=1S/C17H14O4.C15H14O3/c1-19-13-10-6-9-12-14(18)17(20-2)15(21-16(12)13)11-7-4-3-5-8-11;1-9(2)7-8-12-13(16)10-5-3-4-6-11(10)14(17)15(12)18/h3-10H,1-2H3;3-7,16H,8H2,1-2H3. The van der Waals surface area contributed by atoms with E-state index in [1.165, 1.54) is 7.11 Å². The normalized spacial score (nSPS) is 12.4. The monoisotopic (exact) mass is 524 g/mol. The van der Waals surface area contributed by atoms with Gasteiger partial charge in [0.1, 0.15) is 5.76 Å². The fourth-order valence-corrected chi connectivity index (χ4v) is 4.21. The van der Waals surface area contributed by atoms with Crippen LogP contribution in [0.25, 0.3) is 28.1 Å². The Hall–Kier alpha value is -4.91. The van der Waals surface area contributed by atoms with E-state index in [0.717, 1.165) is 11.1 Å². The van der Waals surface area contributed by atoms with Gasteiger partial charge in [-0.15, -0.1) is 0 Å². The molecule has 7 nitrogen and oxygen atoms in total. The van der Waals surface area contributed by atoms with Crippen LogP contribution >= 0.6 is 0 Å². The Balaban J connectivity index is 0.000000183. The number of Topliss-reactive ketones (excluding diaryl/α,β-unsaturated/α-hetero) is 2. The van der Waals surface area contributed by atoms with Crippen LogP contribution in [0.1, 0.15) is 36.2 Å². The molecule has 0 bridgehead atoms. The zero-order valence-electron chi connectivity index (χ0n) is 22.1. The molecule has 3 aromatic carbocycles. The number of para-hydroxylation sites is 1. The van der Waals surface area contributed by atoms with Crippen LogP contribution in [0.5, 0.6) is 11.5 Å². The summed E-state index contributed by atoms with van der Waals surface area (Å²) in [6.07, 6.45) is 2.11. The Morgan fingerprint density at radius 3 is 2.13 bits per heavy atom. The van der Waals surface area contributed by atoms with Crippen molar-refractivity contribution >= 4 is 28.3 Å². The number of aliphatic hydroxyl groups is 1. The van der Waals surface area contributed by atoms with Crippen molar-refractivity contribution in [1.82, 2.24) is 0 Å². The van der Waals surface area contributed by atoms with Crippen LogP contribution in [0.15, 0.2) is 99.2 Å². The van der Waals surface area contributed by atoms with Crippen LogP contribution in [0.3, 0.4) is 0 Å². The molecule has 1 aliphatic carbocycles. The van der Waals surface area contributed by atoms with Crippen molar-refractivity contribution in [3.8, 4) is 22.8 Å². The lowest BCUT2D eigenvalue weighted by atomic mass is 9.87. The lowest BCUT2D eigenvalue weighted by molar-refractivity contribution is -0.112. The SMILES string of the molecule is CC(C)=CCC1=C(O)c2ccccc2C(=O)C1=O.COc1c(-c2ccccc2)oc2c(OC)cccc2c1=O. The molecule has 0 aliphatic heterocycles. The van der Waals surface area contributed by atoms with Crippen molar-refractivity contribution in [3.05, 3.63) is 111 Å². The van der Waals surface area contributed by atoms with E-state index in [9.17, 15) is 19.5 Å². The minimum atomic E-state index is -0.608. The molecule has 1 heterocycles. The summed E-state index contributed by atoms with van der Waals surface area (Å²) in [4.78, 5) is 36.4. The molecule has 0 atom stereocenters. The molecule has 1 aliphatic rings. The average molecular weight is 525 g/mol. The average Bonchev–Trinajstić information content (AvgIpc) is 2.96. The minimum absolute atomic E-state index is 0.0762. The molecule has 0 unspecified atom stereocenters. The zero-order valence-corrected chi connectivity index (χ0v) is 22.1. The fraction of sp³-hybridized carbons (Fsp3) is 0.156. The number of ether oxygens (including phenoxy) is 2. The summed E-state index contributed by atoms with van der Waals surface area (Å²) < 4.78 is 16.5. The molecule has 0 spiro atoms. The summed E-state index contributed by atoms with van der Waals surface area (Å²) in [6, 6.07) is 21.2. The first-order valence-electron chi connectivity index (χ1n) is 12.3. The van der Waals surface area contributed by atoms with Gasteiger partial charge in [0.2, 0.25) is 22.7 Å². The van der Waals surface area contributed by atoms with Gasteiger partial charge >= 0.3 is 0 Å². The molecule has 39 heavy (non-hydrogen) atoms. The van der Waals surface area contributed by atoms with E-state index in [0.29, 0.717) is 28.0 Å². The summed E-state index contributed by atoms with van der Waals surface area (Å²) in [5, 5.41) is 10.5. The van der Waals surface area contributed by atoms with Crippen molar-refractivity contribution < 1.29 is 28.6 Å². The molecular weight excluding hydrogens is 496 g/mol. The lowest BCUT2D eigenvalue weighted by Gasteiger charge is -2.16. The highest BCUT2D eigenvalue weighted by Gasteiger charge is 2.31. The van der Waals surface area contributed by atoms with Gasteiger partial charge in [-0.25, -0.2) is 0 Å². The maximum Gasteiger partial charge on any atom is 0.235 e. The topological polar surface area (TPSA) is 103 Å². The van der Waals surface area contributed by atoms with E-state index in [-0.39, 0.29) is 34.5 Å². The van der Waals surface area contributed by atoms with Crippen molar-refractivity contribution in [2.75, 3.05) is 14.2 Å². The molecule has 0 saturated heterocycles. The zero-order chi connectivity index (χ0) is 28.1. The van der Waals surface area contributed by atoms with Gasteiger partial charge in [-0.2, -0.15) is 0 Å². The summed E-state index contributed by atoms with van der Waals surface area (Å²) in [7, 11) is 3.01. The predicted octanol–water partition coefficient (Wildman–Crippen LogP) is 6.55. The highest BCUT2D eigenvalue weighted by atomic mass is 16.5. The van der Waals surface area contributed by atoms with Crippen molar-refractivity contribution in [3.63, 3.8) is 0 Å². The van der Waals surface area contributed by atoms with Crippen molar-refractivity contribution in [1.29, 1.82) is 0 Å². The molecule has 0 saturated carbocycles. The van der Waals surface area contributed by atoms with Crippen molar-refractivity contribution in [2.45, 2.75) is 20.3 Å². The van der Waals surface area contributed by atoms with Gasteiger partial charge in [0.15, 0.2) is 17.1 Å². The van der Waals surface area contributed by atoms with Gasteiger partial charge in [0.25, 0.3) is 0 Å². The van der Waals surface area contributed by atoms with E-state index >= 15 is 0 Å². The first-order valence-corrected chi connectivity index (χ1v) is 12.3. The van der Waals surface area contributed by atoms with Crippen LogP contribution in [-0.4, -0.2) is 30.9 Å². The Morgan fingerprint density at radius 2 is 1.49 bits per heavy atom. The highest BCUT2D eigenvalue weighted by Crippen LogP contribution is 2.34. The Labute approximate surface area is 225 Å². The van der Waals surface area contributed by atoms with Gasteiger partial charge in [-0.3, -0.25) is 14.4 Å². The number of aliphatic hydroxyl groups excluding tert-OH is 1. The third-order valence-electron chi connectivity index (χ3n) is 6.21. The van der Waals surface area contributed by atoms with Gasteiger partial charge < -0.3 is 19.0 Å². The number of benzene rings is 3. The number of ketones is 2. The summed E-state index contributed by atoms with van der Waals surface area (Å²) in [6.45, 7) is 3.81. The number of methoxy groups -OCH3 is 2. The fourth-order valence-electron chi connectivity index (χ4n) is 4.21. The summed E-state index contributed by atoms with van der Waals surface area (Å²) in [5.74, 6) is -0.108. The van der Waals surface area contributed by atoms with Crippen LogP contribution in [0.2, 0.25) is 0 Å². The van der Waals surface area contributed by atoms with Crippen LogP contribution in [0.4, 0.5) is 0 Å². The number of carbonyl (C=O) groups excluding carboxylic acids is 2. The minimum Gasteiger partial charge on any atom is -0.507 e. The van der Waals surface area contributed by atoms with E-state index in [1.807, 2.05) is 50.3 Å². The number of rotatable bonds is 5. The lowest BCUT2D eigenvalue weighted by Crippen LogP contribution is -2.23. The van der Waals surface area contributed by atoms with Crippen molar-refractivity contribution in [2.24, 2.45) is 0 Å². The smallest absolute Gasteiger partial charge is 0.235 e. The maximum atomic E-state index is 12.6. The van der Waals surface area contributed by atoms with E-state index in [2.05, 4.69) is 0 Å². The van der Waals surface area contributed by atoms with E-state index in [4.69, 9.17) is 13.9 Å². The van der Waals surface area contributed by atoms with E-state index < -0.39 is 11.6 Å². The van der Waals surface area contributed by atoms with Gasteiger partial charge in [-0.05, 0) is 32.4 Å². The number of allylic oxidation sites excluding steroid dienone is 3. The quantitative estimate of drug-likeness (QED) is 0.233. The largest absolute Gasteiger partial charge is 0.507 e. The summed E-state index contributed by atoms with van der Waals surface area (Å²) in [5.41, 5.74) is 2.93. The van der Waals surface area contributed by atoms with Crippen LogP contribution < -0.4 is 14.9 Å². The number of carbonyl (C=O) groups is 2. The third-order valence-corrected chi connectivity index (χ3v) is 6.21. The van der Waals surface area contributed by atoms with Crippen LogP contribution in [0, 0.1) is 0 Å². The first kappa shape index (κ1) is 27.1. The molecule has 0 fully saturated rings. The van der Waals surface area contributed by atoms with Crippen LogP contribution in [-0.2, 0) is 4.79 Å². The predicted molar refractivity (Wildman–Crippen MR) is 150 cm³/mol. The Bertz CT molecular complexity index is 1670. The molecule has 0 amide bonds. The molecule has 198 valence electrons. The molecule has 4 aromatic rings. The molecular formula is C32H28O7. The Morgan fingerprint density at radius 1 is 0.821 bits per heavy atom. The van der Waals surface area contributed by atoms with Gasteiger partial charge in [0.05, 0.1) is 19.6 Å². The second-order valence-electron chi connectivity index (χ2n) is 9.01. The molecule has 7 heteroatoms. The second kappa shape index (κ2) is 11.6. The second-order valence-corrected chi connectivity index (χ2v) is 9.01.